The van der Waals surface area contributed by atoms with Gasteiger partial charge in [-0.1, -0.05) is 6.92 Å². The number of aryl methyl sites for hydroxylation is 1. The minimum atomic E-state index is -4.04. The molecular formula is C27H35N5O8S2. The van der Waals surface area contributed by atoms with Crippen LogP contribution in [0.3, 0.4) is 0 Å². The predicted molar refractivity (Wildman–Crippen MR) is 154 cm³/mol. The molecule has 2 aromatic carbocycles. The first kappa shape index (κ1) is 31.3. The molecule has 1 aliphatic rings. The van der Waals surface area contributed by atoms with Gasteiger partial charge in [0.05, 0.1) is 43.1 Å². The molecule has 1 amide bonds. The van der Waals surface area contributed by atoms with Crippen molar-refractivity contribution in [1.29, 1.82) is 0 Å². The number of benzene rings is 2. The average Bonchev–Trinajstić information content (AvgIpc) is 3.41. The molecule has 13 nitrogen and oxygen atoms in total. The van der Waals surface area contributed by atoms with Gasteiger partial charge >= 0.3 is 0 Å². The van der Waals surface area contributed by atoms with Gasteiger partial charge in [0.2, 0.25) is 10.0 Å². The normalized spacial score (nSPS) is 18.5. The highest BCUT2D eigenvalue weighted by molar-refractivity contribution is 7.92. The smallest absolute Gasteiger partial charge is 0.280 e. The van der Waals surface area contributed by atoms with Crippen LogP contribution in [0.4, 0.5) is 5.69 Å². The average molecular weight is 622 g/mol. The van der Waals surface area contributed by atoms with Gasteiger partial charge in [-0.3, -0.25) is 9.52 Å². The lowest BCUT2D eigenvalue weighted by atomic mass is 9.99. The van der Waals surface area contributed by atoms with Crippen molar-refractivity contribution in [3.63, 3.8) is 0 Å². The van der Waals surface area contributed by atoms with Crippen LogP contribution in [0.1, 0.15) is 24.2 Å². The van der Waals surface area contributed by atoms with Crippen LogP contribution in [0, 0.1) is 5.92 Å². The highest BCUT2D eigenvalue weighted by Crippen LogP contribution is 2.32. The van der Waals surface area contributed by atoms with E-state index < -0.39 is 38.1 Å². The van der Waals surface area contributed by atoms with Gasteiger partial charge in [-0.05, 0) is 49.4 Å². The van der Waals surface area contributed by atoms with Gasteiger partial charge in [0, 0.05) is 38.4 Å². The summed E-state index contributed by atoms with van der Waals surface area (Å²) in [5.41, 5.74) is 0.173. The number of amides is 1. The number of hydrogen-bond acceptors (Lipinski definition) is 9. The summed E-state index contributed by atoms with van der Waals surface area (Å²) in [6, 6.07) is 9.75. The molecule has 0 unspecified atom stereocenters. The number of rotatable bonds is 10. The molecule has 1 aliphatic heterocycles. The van der Waals surface area contributed by atoms with Gasteiger partial charge in [-0.25, -0.2) is 13.4 Å². The molecule has 2 N–H and O–H groups in total. The Morgan fingerprint density at radius 3 is 2.48 bits per heavy atom. The third kappa shape index (κ3) is 6.53. The van der Waals surface area contributed by atoms with Crippen molar-refractivity contribution >= 4 is 31.6 Å². The molecule has 1 aromatic heterocycles. The minimum Gasteiger partial charge on any atom is -0.497 e. The molecule has 0 aliphatic carbocycles. The lowest BCUT2D eigenvalue weighted by Crippen LogP contribution is -2.50. The van der Waals surface area contributed by atoms with Crippen LogP contribution in [0.15, 0.2) is 64.9 Å². The molecule has 0 saturated heterocycles. The molecule has 3 aromatic rings. The van der Waals surface area contributed by atoms with E-state index in [2.05, 4.69) is 9.71 Å². The molecule has 0 radical (unpaired) electrons. The van der Waals surface area contributed by atoms with E-state index in [0.29, 0.717) is 5.75 Å². The zero-order valence-electron chi connectivity index (χ0n) is 24.0. The molecule has 15 heteroatoms. The maximum absolute atomic E-state index is 13.7. The topological polar surface area (TPSA) is 160 Å². The maximum atomic E-state index is 13.7. The van der Waals surface area contributed by atoms with Crippen molar-refractivity contribution in [2.75, 3.05) is 38.6 Å². The van der Waals surface area contributed by atoms with Crippen molar-refractivity contribution in [2.45, 2.75) is 35.9 Å². The zero-order chi connectivity index (χ0) is 30.8. The first-order valence-corrected chi connectivity index (χ1v) is 16.0. The lowest BCUT2D eigenvalue weighted by molar-refractivity contribution is 0.0387. The standard InChI is InChI=1S/C27H35N5O8S2/c1-18-13-32(19(2)16-33)27(34)23-12-20(29-41(35,36)26-15-30(3)17-28-26)6-11-24(23)40-25(18)14-31(4)42(37,38)22-9-7-21(39-5)8-10-22/h6-12,15,17-19,25,29,33H,13-14,16H2,1-5H3/t18-,19-,25-/m0/s1. The van der Waals surface area contributed by atoms with E-state index >= 15 is 0 Å². The summed E-state index contributed by atoms with van der Waals surface area (Å²) in [7, 11) is -3.35. The fourth-order valence-corrected chi connectivity index (χ4v) is 6.73. The number of anilines is 1. The Morgan fingerprint density at radius 1 is 1.19 bits per heavy atom. The van der Waals surface area contributed by atoms with E-state index in [-0.39, 0.29) is 52.5 Å². The number of nitrogens with zero attached hydrogens (tertiary/aromatic N) is 4. The Hall–Kier alpha value is -3.66. The molecule has 0 fully saturated rings. The summed E-state index contributed by atoms with van der Waals surface area (Å²) < 4.78 is 68.9. The number of hydrogen-bond donors (Lipinski definition) is 2. The van der Waals surface area contributed by atoms with Gasteiger partial charge in [-0.15, -0.1) is 0 Å². The molecular weight excluding hydrogens is 586 g/mol. The van der Waals surface area contributed by atoms with Gasteiger partial charge in [0.1, 0.15) is 17.6 Å². The number of fused-ring (bicyclic) bond motifs is 1. The molecule has 3 atom stereocenters. The number of aromatic nitrogens is 2. The number of carbonyl (C=O) groups excluding carboxylic acids is 1. The van der Waals surface area contributed by atoms with Gasteiger partial charge in [0.25, 0.3) is 15.9 Å². The third-order valence-electron chi connectivity index (χ3n) is 7.08. The predicted octanol–water partition coefficient (Wildman–Crippen LogP) is 1.77. The first-order valence-electron chi connectivity index (χ1n) is 13.1. The van der Waals surface area contributed by atoms with Crippen LogP contribution >= 0.6 is 0 Å². The summed E-state index contributed by atoms with van der Waals surface area (Å²) in [5, 5.41) is 9.71. The largest absolute Gasteiger partial charge is 0.497 e. The molecule has 0 spiro atoms. The van der Waals surface area contributed by atoms with Crippen molar-refractivity contribution in [3.05, 3.63) is 60.6 Å². The molecule has 228 valence electrons. The van der Waals surface area contributed by atoms with Crippen molar-refractivity contribution in [2.24, 2.45) is 13.0 Å². The number of sulfonamides is 2. The molecule has 0 saturated carbocycles. The van der Waals surface area contributed by atoms with E-state index in [1.165, 1.54) is 70.8 Å². The minimum absolute atomic E-state index is 0.0431. The van der Waals surface area contributed by atoms with Crippen LogP contribution in [0.5, 0.6) is 11.5 Å². The van der Waals surface area contributed by atoms with Gasteiger partial charge in [-0.2, -0.15) is 12.7 Å². The van der Waals surface area contributed by atoms with E-state index in [4.69, 9.17) is 9.47 Å². The number of ether oxygens (including phenoxy) is 2. The monoisotopic (exact) mass is 621 g/mol. The summed E-state index contributed by atoms with van der Waals surface area (Å²) in [6.07, 6.45) is 2.00. The van der Waals surface area contributed by atoms with E-state index in [0.717, 1.165) is 0 Å². The van der Waals surface area contributed by atoms with Crippen LogP contribution in [-0.4, -0.2) is 92.6 Å². The van der Waals surface area contributed by atoms with Gasteiger partial charge < -0.3 is 24.0 Å². The lowest BCUT2D eigenvalue weighted by Gasteiger charge is -2.38. The quantitative estimate of drug-likeness (QED) is 0.344. The third-order valence-corrected chi connectivity index (χ3v) is 10.2. The second-order valence-electron chi connectivity index (χ2n) is 10.3. The number of aliphatic hydroxyl groups excluding tert-OH is 1. The maximum Gasteiger partial charge on any atom is 0.280 e. The number of carbonyl (C=O) groups is 1. The zero-order valence-corrected chi connectivity index (χ0v) is 25.6. The van der Waals surface area contributed by atoms with E-state index in [1.807, 2.05) is 6.92 Å². The Balaban J connectivity index is 1.67. The summed E-state index contributed by atoms with van der Waals surface area (Å²) in [6.45, 7) is 3.33. The van der Waals surface area contributed by atoms with Crippen LogP contribution in [0.2, 0.25) is 0 Å². The fraction of sp³-hybridized carbons (Fsp3) is 0.407. The highest BCUT2D eigenvalue weighted by atomic mass is 32.2. The number of methoxy groups -OCH3 is 1. The molecule has 0 bridgehead atoms. The van der Waals surface area contributed by atoms with Crippen molar-refractivity contribution < 1.29 is 36.2 Å². The fourth-order valence-electron chi connectivity index (χ4n) is 4.52. The van der Waals surface area contributed by atoms with Crippen molar-refractivity contribution in [3.8, 4) is 11.5 Å². The van der Waals surface area contributed by atoms with Crippen LogP contribution in [-0.2, 0) is 27.1 Å². The molecule has 4 rings (SSSR count). The second-order valence-corrected chi connectivity index (χ2v) is 14.0. The van der Waals surface area contributed by atoms with Crippen LogP contribution < -0.4 is 14.2 Å². The number of nitrogens with one attached hydrogen (secondary N) is 1. The van der Waals surface area contributed by atoms with E-state index in [1.54, 1.807) is 26.1 Å². The highest BCUT2D eigenvalue weighted by Gasteiger charge is 2.35. The Morgan fingerprint density at radius 2 is 1.88 bits per heavy atom. The number of aliphatic hydroxyl groups is 1. The SMILES string of the molecule is COc1ccc(S(=O)(=O)N(C)C[C@@H]2Oc3ccc(NS(=O)(=O)c4cn(C)cn4)cc3C(=O)N([C@@H](C)CO)C[C@@H]2C)cc1. The van der Waals surface area contributed by atoms with Gasteiger partial charge in [0.15, 0.2) is 5.03 Å². The molecule has 42 heavy (non-hydrogen) atoms. The summed E-state index contributed by atoms with van der Waals surface area (Å²) in [4.78, 5) is 19.1. The Labute approximate surface area is 245 Å². The summed E-state index contributed by atoms with van der Waals surface area (Å²) >= 11 is 0. The number of likely N-dealkylation sites (N-methyl/N-ethyl adjacent to an activating group) is 1. The Bertz CT molecular complexity index is 1640. The van der Waals surface area contributed by atoms with Crippen molar-refractivity contribution in [1.82, 2.24) is 18.8 Å². The van der Waals surface area contributed by atoms with Crippen LogP contribution in [0.25, 0.3) is 0 Å². The summed E-state index contributed by atoms with van der Waals surface area (Å²) in [5.74, 6) is -0.126. The number of imidazole rings is 1. The second kappa shape index (κ2) is 12.3. The van der Waals surface area contributed by atoms with E-state index in [9.17, 15) is 26.7 Å². The first-order chi connectivity index (χ1) is 19.8. The molecule has 2 heterocycles. The Kier molecular flexibility index (Phi) is 9.15.